The molecule has 1 aliphatic rings. The third-order valence-electron chi connectivity index (χ3n) is 6.58. The zero-order chi connectivity index (χ0) is 30.5. The highest BCUT2D eigenvalue weighted by Gasteiger charge is 2.40. The first-order valence-corrected chi connectivity index (χ1v) is 13.0. The second-order valence-corrected chi connectivity index (χ2v) is 9.94. The molecule has 0 saturated carbocycles. The molecule has 0 radical (unpaired) electrons. The van der Waals surface area contributed by atoms with Crippen LogP contribution in [0.3, 0.4) is 0 Å². The number of aryl methyl sites for hydroxylation is 1. The number of hydrogen-bond donors (Lipinski definition) is 3. The quantitative estimate of drug-likeness (QED) is 0.310. The molecule has 0 aromatic heterocycles. The van der Waals surface area contributed by atoms with E-state index in [-0.39, 0.29) is 5.71 Å². The number of rotatable bonds is 10. The van der Waals surface area contributed by atoms with E-state index in [0.717, 1.165) is 5.56 Å². The third-order valence-corrected chi connectivity index (χ3v) is 6.82. The largest absolute Gasteiger partial charge is 0.389 e. The van der Waals surface area contributed by atoms with Crippen LogP contribution in [0.15, 0.2) is 47.5 Å². The van der Waals surface area contributed by atoms with Crippen molar-refractivity contribution in [1.82, 2.24) is 5.32 Å². The molecule has 0 aliphatic carbocycles. The molecule has 2 aromatic carbocycles. The molecule has 41 heavy (non-hydrogen) atoms. The van der Waals surface area contributed by atoms with Crippen LogP contribution in [0.25, 0.3) is 0 Å². The molecule has 0 bridgehead atoms. The molecule has 7 nitrogen and oxygen atoms in total. The molecule has 0 fully saturated rings. The van der Waals surface area contributed by atoms with Crippen molar-refractivity contribution in [2.45, 2.75) is 57.5 Å². The first kappa shape index (κ1) is 31.9. The molecule has 2 unspecified atom stereocenters. The molecule has 4 N–H and O–H groups in total. The Morgan fingerprint density at radius 2 is 1.63 bits per heavy atom. The van der Waals surface area contributed by atoms with Gasteiger partial charge in [0, 0.05) is 40.8 Å². The number of nitrogens with two attached hydrogens (primary N) is 1. The Hall–Kier alpha value is -3.61. The van der Waals surface area contributed by atoms with Gasteiger partial charge in [0.25, 0.3) is 5.91 Å². The molecular formula is C27H27ClF6N4O3. The van der Waals surface area contributed by atoms with Crippen LogP contribution in [-0.4, -0.2) is 42.0 Å². The fourth-order valence-corrected chi connectivity index (χ4v) is 4.78. The Morgan fingerprint density at radius 1 is 1.02 bits per heavy atom. The van der Waals surface area contributed by atoms with Gasteiger partial charge in [-0.3, -0.25) is 14.4 Å². The van der Waals surface area contributed by atoms with Crippen LogP contribution in [-0.2, 0) is 20.8 Å². The molecule has 3 amide bonds. The van der Waals surface area contributed by atoms with E-state index < -0.39 is 73.8 Å². The summed E-state index contributed by atoms with van der Waals surface area (Å²) < 4.78 is 77.9. The van der Waals surface area contributed by atoms with Crippen molar-refractivity contribution in [3.8, 4) is 0 Å². The summed E-state index contributed by atoms with van der Waals surface area (Å²) in [5.74, 6) is -7.28. The van der Waals surface area contributed by atoms with Gasteiger partial charge in [-0.25, -0.2) is 4.99 Å². The summed E-state index contributed by atoms with van der Waals surface area (Å²) in [5, 5.41) is 5.26. The number of halogens is 7. The number of para-hydroxylation sites is 1. The molecule has 1 heterocycles. The number of nitrogens with zero attached hydrogens (tertiary/aromatic N) is 1. The van der Waals surface area contributed by atoms with Gasteiger partial charge >= 0.3 is 12.4 Å². The van der Waals surface area contributed by atoms with Crippen molar-refractivity contribution in [1.29, 1.82) is 0 Å². The predicted octanol–water partition coefficient (Wildman–Crippen LogP) is 5.54. The van der Waals surface area contributed by atoms with Crippen molar-refractivity contribution in [2.75, 3.05) is 5.32 Å². The van der Waals surface area contributed by atoms with Crippen molar-refractivity contribution in [3.05, 3.63) is 64.2 Å². The predicted molar refractivity (Wildman–Crippen MR) is 140 cm³/mol. The SMILES string of the molecule is CCc1cccc2c1NC(=O)[C@@H](NC(=O)C(CCC(F)(F)F)C(CCC(F)(F)F)C(N)=O)N=C2c1cccc(Cl)c1. The molecule has 2 aromatic rings. The van der Waals surface area contributed by atoms with E-state index in [2.05, 4.69) is 15.6 Å². The average Bonchev–Trinajstić information content (AvgIpc) is 3.00. The number of benzene rings is 2. The van der Waals surface area contributed by atoms with Gasteiger partial charge in [-0.15, -0.1) is 0 Å². The third kappa shape index (κ3) is 8.69. The Balaban J connectivity index is 2.04. The molecule has 3 rings (SSSR count). The van der Waals surface area contributed by atoms with Crippen LogP contribution in [0, 0.1) is 11.8 Å². The van der Waals surface area contributed by atoms with Crippen LogP contribution < -0.4 is 16.4 Å². The topological polar surface area (TPSA) is 114 Å². The maximum Gasteiger partial charge on any atom is 0.389 e. The number of primary amides is 1. The number of benzodiazepines with no additional fused rings is 1. The number of alkyl halides is 6. The van der Waals surface area contributed by atoms with Gasteiger partial charge in [-0.2, -0.15) is 26.3 Å². The maximum absolute atomic E-state index is 13.3. The lowest BCUT2D eigenvalue weighted by Gasteiger charge is -2.26. The Bertz CT molecular complexity index is 1330. The lowest BCUT2D eigenvalue weighted by Crippen LogP contribution is -2.48. The Kier molecular flexibility index (Phi) is 10.1. The lowest BCUT2D eigenvalue weighted by molar-refractivity contribution is -0.152. The van der Waals surface area contributed by atoms with Gasteiger partial charge in [0.05, 0.1) is 11.4 Å². The molecule has 0 spiro atoms. The number of fused-ring (bicyclic) bond motifs is 1. The highest BCUT2D eigenvalue weighted by molar-refractivity contribution is 6.31. The minimum atomic E-state index is -4.78. The highest BCUT2D eigenvalue weighted by Crippen LogP contribution is 2.33. The average molecular weight is 605 g/mol. The van der Waals surface area contributed by atoms with Crippen molar-refractivity contribution in [2.24, 2.45) is 22.6 Å². The van der Waals surface area contributed by atoms with E-state index in [0.29, 0.717) is 28.3 Å². The van der Waals surface area contributed by atoms with Gasteiger partial charge in [-0.1, -0.05) is 48.9 Å². The van der Waals surface area contributed by atoms with Crippen molar-refractivity contribution in [3.63, 3.8) is 0 Å². The van der Waals surface area contributed by atoms with Gasteiger partial charge in [0.1, 0.15) is 0 Å². The van der Waals surface area contributed by atoms with E-state index in [1.807, 2.05) is 6.92 Å². The maximum atomic E-state index is 13.3. The van der Waals surface area contributed by atoms with E-state index >= 15 is 0 Å². The number of amides is 3. The summed E-state index contributed by atoms with van der Waals surface area (Å²) in [7, 11) is 0. The summed E-state index contributed by atoms with van der Waals surface area (Å²) in [4.78, 5) is 43.0. The smallest absolute Gasteiger partial charge is 0.369 e. The van der Waals surface area contributed by atoms with Crippen LogP contribution in [0.5, 0.6) is 0 Å². The number of carbonyl (C=O) groups is 3. The highest BCUT2D eigenvalue weighted by atomic mass is 35.5. The summed E-state index contributed by atoms with van der Waals surface area (Å²) in [6.07, 6.45) is -15.9. The lowest BCUT2D eigenvalue weighted by atomic mass is 9.83. The first-order chi connectivity index (χ1) is 19.1. The second-order valence-electron chi connectivity index (χ2n) is 9.50. The van der Waals surface area contributed by atoms with E-state index in [1.165, 1.54) is 0 Å². The zero-order valence-corrected chi connectivity index (χ0v) is 22.5. The van der Waals surface area contributed by atoms with E-state index in [4.69, 9.17) is 17.3 Å². The van der Waals surface area contributed by atoms with Crippen LogP contribution in [0.2, 0.25) is 5.02 Å². The summed E-state index contributed by atoms with van der Waals surface area (Å²) in [6.45, 7) is 1.85. The first-order valence-electron chi connectivity index (χ1n) is 12.6. The van der Waals surface area contributed by atoms with Gasteiger partial charge in [-0.05, 0) is 37.0 Å². The molecule has 1 aliphatic heterocycles. The normalized spacial score (nSPS) is 17.0. The van der Waals surface area contributed by atoms with Gasteiger partial charge in [0.15, 0.2) is 0 Å². The van der Waals surface area contributed by atoms with Crippen LogP contribution >= 0.6 is 11.6 Å². The molecular weight excluding hydrogens is 578 g/mol. The summed E-state index contributed by atoms with van der Waals surface area (Å²) in [5.41, 5.74) is 7.51. The standard InChI is InChI=1S/C27H27ClF6N4O3/c1-2-14-5-4-8-19-20(14)37-25(41)23(36-21(19)15-6-3-7-16(28)13-15)38-24(40)18(10-12-27(32,33)34)17(22(35)39)9-11-26(29,30)31/h3-8,13,17-18,23H,2,9-12H2,1H3,(H2,35,39)(H,37,41)(H,38,40)/t17?,18?,23-/m1/s1. The van der Waals surface area contributed by atoms with Crippen molar-refractivity contribution >= 4 is 40.7 Å². The molecule has 222 valence electrons. The van der Waals surface area contributed by atoms with Gasteiger partial charge in [0.2, 0.25) is 18.0 Å². The summed E-state index contributed by atoms with van der Waals surface area (Å²) in [6, 6.07) is 11.6. The number of anilines is 1. The van der Waals surface area contributed by atoms with Crippen LogP contribution in [0.1, 0.15) is 49.3 Å². The van der Waals surface area contributed by atoms with E-state index in [1.54, 1.807) is 42.5 Å². The number of aliphatic imine (C=N–C) groups is 1. The minimum absolute atomic E-state index is 0.219. The Labute approximate surface area is 236 Å². The van der Waals surface area contributed by atoms with Crippen molar-refractivity contribution < 1.29 is 40.7 Å². The van der Waals surface area contributed by atoms with Crippen LogP contribution in [0.4, 0.5) is 32.0 Å². The molecule has 14 heteroatoms. The number of nitrogens with one attached hydrogen (secondary N) is 2. The monoisotopic (exact) mass is 604 g/mol. The van der Waals surface area contributed by atoms with E-state index in [9.17, 15) is 40.7 Å². The summed E-state index contributed by atoms with van der Waals surface area (Å²) >= 11 is 6.16. The second kappa shape index (κ2) is 12.9. The number of carbonyl (C=O) groups excluding carboxylic acids is 3. The fourth-order valence-electron chi connectivity index (χ4n) is 4.59. The van der Waals surface area contributed by atoms with Gasteiger partial charge < -0.3 is 16.4 Å². The molecule has 3 atom stereocenters. The minimum Gasteiger partial charge on any atom is -0.369 e. The Morgan fingerprint density at radius 3 is 2.20 bits per heavy atom. The fraction of sp³-hybridized carbons (Fsp3) is 0.407. The molecule has 0 saturated heterocycles. The zero-order valence-electron chi connectivity index (χ0n) is 21.7. The number of hydrogen-bond acceptors (Lipinski definition) is 4.